The van der Waals surface area contributed by atoms with Crippen LogP contribution in [0.5, 0.6) is 11.5 Å². The number of hydrogen-bond acceptors (Lipinski definition) is 6. The van der Waals surface area contributed by atoms with E-state index in [1.807, 2.05) is 42.5 Å². The number of nitrogens with zero attached hydrogens (tertiary/aromatic N) is 3. The lowest BCUT2D eigenvalue weighted by atomic mass is 10.2. The van der Waals surface area contributed by atoms with Gasteiger partial charge in [0, 0.05) is 30.9 Å². The molecule has 0 bridgehead atoms. The molecule has 3 aromatic rings. The molecule has 1 aromatic heterocycles. The highest BCUT2D eigenvalue weighted by Gasteiger charge is 2.10. The van der Waals surface area contributed by atoms with Gasteiger partial charge < -0.3 is 19.7 Å². The smallest absolute Gasteiger partial charge is 0.162 e. The van der Waals surface area contributed by atoms with Crippen molar-refractivity contribution in [2.75, 3.05) is 31.0 Å². The zero-order chi connectivity index (χ0) is 19.1. The summed E-state index contributed by atoms with van der Waals surface area (Å²) in [7, 11) is 3.24. The average Bonchev–Trinajstić information content (AvgIpc) is 2.73. The maximum Gasteiger partial charge on any atom is 0.162 e. The molecule has 140 valence electrons. The molecule has 6 heteroatoms. The van der Waals surface area contributed by atoms with Crippen LogP contribution in [0.2, 0.25) is 0 Å². The second kappa shape index (κ2) is 8.89. The van der Waals surface area contributed by atoms with E-state index in [-0.39, 0.29) is 0 Å². The molecule has 2 aromatic carbocycles. The van der Waals surface area contributed by atoms with Gasteiger partial charge in [0.2, 0.25) is 0 Å². The van der Waals surface area contributed by atoms with Crippen molar-refractivity contribution in [3.05, 3.63) is 66.5 Å². The van der Waals surface area contributed by atoms with Crippen LogP contribution in [0.3, 0.4) is 0 Å². The summed E-state index contributed by atoms with van der Waals surface area (Å²) in [4.78, 5) is 11.0. The fourth-order valence-corrected chi connectivity index (χ4v) is 2.81. The molecule has 0 spiro atoms. The summed E-state index contributed by atoms with van der Waals surface area (Å²) in [5.74, 6) is 2.94. The average molecular weight is 364 g/mol. The van der Waals surface area contributed by atoms with Crippen LogP contribution in [-0.2, 0) is 6.54 Å². The Morgan fingerprint density at radius 3 is 2.41 bits per heavy atom. The summed E-state index contributed by atoms with van der Waals surface area (Å²) >= 11 is 0. The number of ether oxygens (including phenoxy) is 2. The van der Waals surface area contributed by atoms with Gasteiger partial charge in [0.1, 0.15) is 18.0 Å². The third-order valence-electron chi connectivity index (χ3n) is 4.23. The molecule has 0 aliphatic heterocycles. The van der Waals surface area contributed by atoms with Crippen LogP contribution in [0, 0.1) is 0 Å². The second-order valence-corrected chi connectivity index (χ2v) is 5.96. The lowest BCUT2D eigenvalue weighted by molar-refractivity contribution is 0.355. The minimum atomic E-state index is 0.663. The van der Waals surface area contributed by atoms with E-state index in [9.17, 15) is 0 Å². The summed E-state index contributed by atoms with van der Waals surface area (Å²) in [6, 6.07) is 18.0. The number of aromatic nitrogens is 2. The van der Waals surface area contributed by atoms with Gasteiger partial charge in [0.15, 0.2) is 11.5 Å². The van der Waals surface area contributed by atoms with E-state index in [1.54, 1.807) is 20.5 Å². The van der Waals surface area contributed by atoms with Crippen molar-refractivity contribution in [2.45, 2.75) is 13.5 Å². The van der Waals surface area contributed by atoms with E-state index < -0.39 is 0 Å². The van der Waals surface area contributed by atoms with Crippen molar-refractivity contribution in [2.24, 2.45) is 0 Å². The van der Waals surface area contributed by atoms with Gasteiger partial charge in [-0.3, -0.25) is 0 Å². The van der Waals surface area contributed by atoms with E-state index in [4.69, 9.17) is 9.47 Å². The van der Waals surface area contributed by atoms with Gasteiger partial charge in [-0.05, 0) is 24.6 Å². The minimum Gasteiger partial charge on any atom is -0.493 e. The van der Waals surface area contributed by atoms with Gasteiger partial charge in [-0.2, -0.15) is 0 Å². The van der Waals surface area contributed by atoms with Gasteiger partial charge in [-0.25, -0.2) is 9.97 Å². The highest BCUT2D eigenvalue weighted by atomic mass is 16.5. The van der Waals surface area contributed by atoms with E-state index in [2.05, 4.69) is 39.2 Å². The number of anilines is 3. The molecule has 1 N–H and O–H groups in total. The molecule has 1 heterocycles. The molecule has 0 radical (unpaired) electrons. The van der Waals surface area contributed by atoms with Gasteiger partial charge in [0.05, 0.1) is 14.2 Å². The number of benzene rings is 2. The molecule has 6 nitrogen and oxygen atoms in total. The first-order valence-electron chi connectivity index (χ1n) is 8.83. The molecule has 0 aliphatic carbocycles. The van der Waals surface area contributed by atoms with Crippen LogP contribution < -0.4 is 19.7 Å². The highest BCUT2D eigenvalue weighted by Crippen LogP contribution is 2.31. The Morgan fingerprint density at radius 1 is 0.926 bits per heavy atom. The molecule has 0 aliphatic rings. The van der Waals surface area contributed by atoms with Crippen LogP contribution in [-0.4, -0.2) is 30.7 Å². The molecule has 0 unspecified atom stereocenters. The number of rotatable bonds is 8. The fraction of sp³-hybridized carbons (Fsp3) is 0.238. The fourth-order valence-electron chi connectivity index (χ4n) is 2.81. The highest BCUT2D eigenvalue weighted by molar-refractivity contribution is 5.63. The van der Waals surface area contributed by atoms with Crippen molar-refractivity contribution in [1.29, 1.82) is 0 Å². The molecule has 0 fully saturated rings. The minimum absolute atomic E-state index is 0.663. The van der Waals surface area contributed by atoms with Crippen molar-refractivity contribution >= 4 is 17.3 Å². The Bertz CT molecular complexity index is 871. The van der Waals surface area contributed by atoms with Gasteiger partial charge >= 0.3 is 0 Å². The summed E-state index contributed by atoms with van der Waals surface area (Å²) in [6.45, 7) is 3.76. The zero-order valence-electron chi connectivity index (χ0n) is 15.8. The van der Waals surface area contributed by atoms with Crippen LogP contribution in [0.4, 0.5) is 17.3 Å². The maximum absolute atomic E-state index is 5.35. The number of methoxy groups -OCH3 is 2. The van der Waals surface area contributed by atoms with Crippen molar-refractivity contribution in [3.63, 3.8) is 0 Å². The molecule has 0 amide bonds. The van der Waals surface area contributed by atoms with Gasteiger partial charge in [-0.15, -0.1) is 0 Å². The number of nitrogens with one attached hydrogen (secondary N) is 1. The molecule has 0 saturated carbocycles. The van der Waals surface area contributed by atoms with Crippen molar-refractivity contribution < 1.29 is 9.47 Å². The zero-order valence-corrected chi connectivity index (χ0v) is 15.8. The van der Waals surface area contributed by atoms with Crippen molar-refractivity contribution in [3.8, 4) is 11.5 Å². The van der Waals surface area contributed by atoms with E-state index in [0.717, 1.165) is 30.4 Å². The van der Waals surface area contributed by atoms with Gasteiger partial charge in [0.25, 0.3) is 0 Å². The molecule has 27 heavy (non-hydrogen) atoms. The Balaban J connectivity index is 1.78. The Hall–Kier alpha value is -3.28. The first-order chi connectivity index (χ1) is 13.2. The molecule has 0 saturated heterocycles. The quantitative estimate of drug-likeness (QED) is 0.644. The number of hydrogen-bond donors (Lipinski definition) is 1. The summed E-state index contributed by atoms with van der Waals surface area (Å²) < 4.78 is 10.6. The third-order valence-corrected chi connectivity index (χ3v) is 4.23. The summed E-state index contributed by atoms with van der Waals surface area (Å²) in [5.41, 5.74) is 2.11. The standard InChI is InChI=1S/C21H24N4O2/c1-4-25(14-16-8-6-5-7-9-16)21-13-20(22-15-23-21)24-17-10-11-18(26-2)19(12-17)27-3/h5-13,15H,4,14H2,1-3H3,(H,22,23,24). The Labute approximate surface area is 159 Å². The Kier molecular flexibility index (Phi) is 6.10. The SMILES string of the molecule is CCN(Cc1ccccc1)c1cc(Nc2ccc(OC)c(OC)c2)ncn1. The second-order valence-electron chi connectivity index (χ2n) is 5.96. The van der Waals surface area contributed by atoms with Gasteiger partial charge in [-0.1, -0.05) is 30.3 Å². The topological polar surface area (TPSA) is 59.5 Å². The van der Waals surface area contributed by atoms with E-state index in [1.165, 1.54) is 5.56 Å². The lowest BCUT2D eigenvalue weighted by Crippen LogP contribution is -2.23. The monoisotopic (exact) mass is 364 g/mol. The molecule has 3 rings (SSSR count). The summed E-state index contributed by atoms with van der Waals surface area (Å²) in [6.07, 6.45) is 1.58. The molecular formula is C21H24N4O2. The first-order valence-corrected chi connectivity index (χ1v) is 8.83. The van der Waals surface area contributed by atoms with E-state index >= 15 is 0 Å². The predicted octanol–water partition coefficient (Wildman–Crippen LogP) is 4.26. The summed E-state index contributed by atoms with van der Waals surface area (Å²) in [5, 5.41) is 3.30. The van der Waals surface area contributed by atoms with E-state index in [0.29, 0.717) is 11.5 Å². The largest absolute Gasteiger partial charge is 0.493 e. The van der Waals surface area contributed by atoms with Crippen molar-refractivity contribution in [1.82, 2.24) is 9.97 Å². The molecule has 0 atom stereocenters. The van der Waals surface area contributed by atoms with Crippen LogP contribution in [0.1, 0.15) is 12.5 Å². The molecular weight excluding hydrogens is 340 g/mol. The predicted molar refractivity (Wildman–Crippen MR) is 108 cm³/mol. The maximum atomic E-state index is 5.35. The third kappa shape index (κ3) is 4.67. The van der Waals surface area contributed by atoms with Crippen LogP contribution >= 0.6 is 0 Å². The lowest BCUT2D eigenvalue weighted by Gasteiger charge is -2.22. The normalized spacial score (nSPS) is 10.3. The Morgan fingerprint density at radius 2 is 1.70 bits per heavy atom. The van der Waals surface area contributed by atoms with Crippen LogP contribution in [0.15, 0.2) is 60.9 Å². The first kappa shape index (κ1) is 18.5. The van der Waals surface area contributed by atoms with Crippen LogP contribution in [0.25, 0.3) is 0 Å².